The van der Waals surface area contributed by atoms with Crippen molar-refractivity contribution in [2.75, 3.05) is 19.7 Å². The van der Waals surface area contributed by atoms with Crippen LogP contribution in [0.2, 0.25) is 0 Å². The first-order chi connectivity index (χ1) is 8.89. The first kappa shape index (κ1) is 16.9. The fourth-order valence-electron chi connectivity index (χ4n) is 2.31. The Bertz CT molecular complexity index is 231. The lowest BCUT2D eigenvalue weighted by Gasteiger charge is -2.28. The highest BCUT2D eigenvalue weighted by molar-refractivity contribution is 4.73. The molecule has 0 aromatic carbocycles. The molecule has 2 unspecified atom stereocenters. The lowest BCUT2D eigenvalue weighted by atomic mass is 9.82. The predicted molar refractivity (Wildman–Crippen MR) is 80.3 cm³/mol. The van der Waals surface area contributed by atoms with Gasteiger partial charge in [-0.25, -0.2) is 0 Å². The second kappa shape index (κ2) is 8.23. The highest BCUT2D eigenvalue weighted by Gasteiger charge is 2.20. The van der Waals surface area contributed by atoms with Gasteiger partial charge in [-0.3, -0.25) is 0 Å². The third-order valence-corrected chi connectivity index (χ3v) is 4.39. The molecule has 1 saturated carbocycles. The maximum absolute atomic E-state index is 9.91. The van der Waals surface area contributed by atoms with Crippen LogP contribution in [0.4, 0.5) is 0 Å². The molecule has 1 aliphatic rings. The molecule has 2 N–H and O–H groups in total. The smallest absolute Gasteiger partial charge is 0.0897 e. The van der Waals surface area contributed by atoms with Crippen LogP contribution < -0.4 is 5.32 Å². The number of ether oxygens (including phenoxy) is 1. The van der Waals surface area contributed by atoms with Crippen molar-refractivity contribution in [2.45, 2.75) is 72.0 Å². The molecule has 19 heavy (non-hydrogen) atoms. The molecule has 0 spiro atoms. The van der Waals surface area contributed by atoms with Crippen LogP contribution in [-0.2, 0) is 4.74 Å². The molecule has 0 heterocycles. The number of nitrogens with one attached hydrogen (secondary N) is 1. The Morgan fingerprint density at radius 1 is 1.16 bits per heavy atom. The molecule has 2 atom stereocenters. The Morgan fingerprint density at radius 2 is 1.79 bits per heavy atom. The average Bonchev–Trinajstić information content (AvgIpc) is 2.36. The lowest BCUT2D eigenvalue weighted by Crippen LogP contribution is -2.37. The highest BCUT2D eigenvalue weighted by atomic mass is 16.5. The van der Waals surface area contributed by atoms with Crippen LogP contribution in [0, 0.1) is 11.3 Å². The topological polar surface area (TPSA) is 41.5 Å². The van der Waals surface area contributed by atoms with Crippen molar-refractivity contribution in [3.8, 4) is 0 Å². The van der Waals surface area contributed by atoms with Crippen LogP contribution in [0.5, 0.6) is 0 Å². The maximum Gasteiger partial charge on any atom is 0.0897 e. The normalized spacial score (nSPS) is 21.3. The van der Waals surface area contributed by atoms with Gasteiger partial charge in [0.05, 0.1) is 18.8 Å². The van der Waals surface area contributed by atoms with E-state index in [0.717, 1.165) is 6.54 Å². The van der Waals surface area contributed by atoms with Gasteiger partial charge in [-0.2, -0.15) is 0 Å². The Labute approximate surface area is 119 Å². The standard InChI is InChI=1S/C16H33NO2/c1-13(16(2,3)4)10-17-11-14(18)12-19-15-8-6-5-7-9-15/h13-15,17-18H,5-12H2,1-4H3. The minimum absolute atomic E-state index is 0.316. The van der Waals surface area contributed by atoms with Crippen molar-refractivity contribution >= 4 is 0 Å². The Balaban J connectivity index is 2.05. The van der Waals surface area contributed by atoms with E-state index in [1.54, 1.807) is 0 Å². The van der Waals surface area contributed by atoms with Crippen LogP contribution in [-0.4, -0.2) is 37.0 Å². The number of aliphatic hydroxyl groups excluding tert-OH is 1. The van der Waals surface area contributed by atoms with E-state index in [0.29, 0.717) is 30.6 Å². The van der Waals surface area contributed by atoms with E-state index in [1.165, 1.54) is 32.1 Å². The molecule has 114 valence electrons. The average molecular weight is 271 g/mol. The Morgan fingerprint density at radius 3 is 2.37 bits per heavy atom. The summed E-state index contributed by atoms with van der Waals surface area (Å²) in [5, 5.41) is 13.3. The van der Waals surface area contributed by atoms with Gasteiger partial charge < -0.3 is 15.2 Å². The van der Waals surface area contributed by atoms with E-state index in [9.17, 15) is 5.11 Å². The number of hydrogen-bond donors (Lipinski definition) is 2. The molecule has 1 aliphatic carbocycles. The summed E-state index contributed by atoms with van der Waals surface area (Å²) >= 11 is 0. The number of aliphatic hydroxyl groups is 1. The van der Waals surface area contributed by atoms with Crippen LogP contribution in [0.1, 0.15) is 59.8 Å². The number of hydrogen-bond acceptors (Lipinski definition) is 3. The molecule has 1 fully saturated rings. The monoisotopic (exact) mass is 271 g/mol. The molecule has 0 bridgehead atoms. The van der Waals surface area contributed by atoms with Gasteiger partial charge in [-0.15, -0.1) is 0 Å². The molecule has 3 nitrogen and oxygen atoms in total. The van der Waals surface area contributed by atoms with E-state index in [2.05, 4.69) is 33.0 Å². The predicted octanol–water partition coefficient (Wildman–Crippen LogP) is 2.97. The molecule has 0 aliphatic heterocycles. The summed E-state index contributed by atoms with van der Waals surface area (Å²) in [6.07, 6.45) is 6.24. The highest BCUT2D eigenvalue weighted by Crippen LogP contribution is 2.24. The first-order valence-corrected chi connectivity index (χ1v) is 7.90. The Hall–Kier alpha value is -0.120. The van der Waals surface area contributed by atoms with Gasteiger partial charge in [0.15, 0.2) is 0 Å². The summed E-state index contributed by atoms with van der Waals surface area (Å²) in [5.74, 6) is 0.596. The summed E-state index contributed by atoms with van der Waals surface area (Å²) in [5.41, 5.74) is 0.316. The van der Waals surface area contributed by atoms with Crippen LogP contribution in [0.15, 0.2) is 0 Å². The van der Waals surface area contributed by atoms with Crippen molar-refractivity contribution in [1.29, 1.82) is 0 Å². The van der Waals surface area contributed by atoms with Gasteiger partial charge >= 0.3 is 0 Å². The van der Waals surface area contributed by atoms with Crippen LogP contribution >= 0.6 is 0 Å². The van der Waals surface area contributed by atoms with Gasteiger partial charge in [0.1, 0.15) is 0 Å². The summed E-state index contributed by atoms with van der Waals surface area (Å²) in [6.45, 7) is 11.1. The zero-order chi connectivity index (χ0) is 14.3. The Kier molecular flexibility index (Phi) is 7.33. The molecule has 0 aromatic heterocycles. The van der Waals surface area contributed by atoms with Crippen molar-refractivity contribution < 1.29 is 9.84 Å². The van der Waals surface area contributed by atoms with Crippen molar-refractivity contribution in [2.24, 2.45) is 11.3 Å². The van der Waals surface area contributed by atoms with Gasteiger partial charge in [0, 0.05) is 6.54 Å². The quantitative estimate of drug-likeness (QED) is 0.748. The van der Waals surface area contributed by atoms with Crippen molar-refractivity contribution in [1.82, 2.24) is 5.32 Å². The van der Waals surface area contributed by atoms with E-state index >= 15 is 0 Å². The molecule has 1 rings (SSSR count). The second-order valence-corrected chi connectivity index (χ2v) is 7.17. The first-order valence-electron chi connectivity index (χ1n) is 7.90. The summed E-state index contributed by atoms with van der Waals surface area (Å²) in [4.78, 5) is 0. The third-order valence-electron chi connectivity index (χ3n) is 4.39. The lowest BCUT2D eigenvalue weighted by molar-refractivity contribution is -0.0233. The van der Waals surface area contributed by atoms with E-state index in [-0.39, 0.29) is 6.10 Å². The van der Waals surface area contributed by atoms with E-state index < -0.39 is 0 Å². The van der Waals surface area contributed by atoms with Crippen molar-refractivity contribution in [3.63, 3.8) is 0 Å². The number of rotatable bonds is 7. The summed E-state index contributed by atoms with van der Waals surface area (Å²) in [7, 11) is 0. The summed E-state index contributed by atoms with van der Waals surface area (Å²) < 4.78 is 5.78. The molecular weight excluding hydrogens is 238 g/mol. The zero-order valence-corrected chi connectivity index (χ0v) is 13.2. The minimum Gasteiger partial charge on any atom is -0.389 e. The fraction of sp³-hybridized carbons (Fsp3) is 1.00. The molecular formula is C16H33NO2. The van der Waals surface area contributed by atoms with Crippen LogP contribution in [0.3, 0.4) is 0 Å². The molecule has 3 heteroatoms. The SMILES string of the molecule is CC(CNCC(O)COC1CCCCC1)C(C)(C)C. The van der Waals surface area contributed by atoms with E-state index in [1.807, 2.05) is 0 Å². The molecule has 0 amide bonds. The molecule has 0 saturated heterocycles. The van der Waals surface area contributed by atoms with Gasteiger partial charge in [0.25, 0.3) is 0 Å². The van der Waals surface area contributed by atoms with Crippen LogP contribution in [0.25, 0.3) is 0 Å². The third kappa shape index (κ3) is 7.28. The van der Waals surface area contributed by atoms with Crippen molar-refractivity contribution in [3.05, 3.63) is 0 Å². The second-order valence-electron chi connectivity index (χ2n) is 7.17. The van der Waals surface area contributed by atoms with Gasteiger partial charge in [0.2, 0.25) is 0 Å². The maximum atomic E-state index is 9.91. The molecule has 0 radical (unpaired) electrons. The van der Waals surface area contributed by atoms with Gasteiger partial charge in [-0.1, -0.05) is 47.0 Å². The minimum atomic E-state index is -0.380. The summed E-state index contributed by atoms with van der Waals surface area (Å²) in [6, 6.07) is 0. The largest absolute Gasteiger partial charge is 0.389 e. The molecule has 0 aromatic rings. The zero-order valence-electron chi connectivity index (χ0n) is 13.2. The fourth-order valence-corrected chi connectivity index (χ4v) is 2.31. The van der Waals surface area contributed by atoms with Gasteiger partial charge in [-0.05, 0) is 30.7 Å². The van der Waals surface area contributed by atoms with E-state index in [4.69, 9.17) is 4.74 Å².